The maximum absolute atomic E-state index is 13.3. The lowest BCUT2D eigenvalue weighted by molar-refractivity contribution is 0.196. The molecule has 1 aliphatic rings. The third-order valence-corrected chi connectivity index (χ3v) is 3.68. The quantitative estimate of drug-likeness (QED) is 0.846. The van der Waals surface area contributed by atoms with Crippen LogP contribution in [0.15, 0.2) is 48.5 Å². The zero-order valence-electron chi connectivity index (χ0n) is 11.4. The van der Waals surface area contributed by atoms with E-state index < -0.39 is 0 Å². The van der Waals surface area contributed by atoms with Crippen LogP contribution in [-0.4, -0.2) is 24.6 Å². The first-order valence-electron chi connectivity index (χ1n) is 6.99. The second-order valence-corrected chi connectivity index (χ2v) is 5.10. The number of benzene rings is 2. The van der Waals surface area contributed by atoms with Crippen molar-refractivity contribution in [2.45, 2.75) is 13.0 Å². The Labute approximate surface area is 118 Å². The second kappa shape index (κ2) is 6.06. The molecule has 0 fully saturated rings. The van der Waals surface area contributed by atoms with Crippen LogP contribution in [0.1, 0.15) is 11.1 Å². The molecule has 0 aliphatic carbocycles. The molecule has 0 spiro atoms. The molecule has 1 heterocycles. The predicted molar refractivity (Wildman–Crippen MR) is 77.3 cm³/mol. The van der Waals surface area contributed by atoms with Crippen LogP contribution in [0.2, 0.25) is 0 Å². The predicted octanol–water partition coefficient (Wildman–Crippen LogP) is 3.26. The summed E-state index contributed by atoms with van der Waals surface area (Å²) in [6, 6.07) is 14.9. The van der Waals surface area contributed by atoms with Gasteiger partial charge in [0.15, 0.2) is 0 Å². The Morgan fingerprint density at radius 1 is 1.05 bits per heavy atom. The molecule has 104 valence electrons. The van der Waals surface area contributed by atoms with Gasteiger partial charge in [0.2, 0.25) is 0 Å². The maximum atomic E-state index is 13.3. The van der Waals surface area contributed by atoms with E-state index in [1.165, 1.54) is 5.56 Å². The van der Waals surface area contributed by atoms with Gasteiger partial charge in [-0.2, -0.15) is 0 Å². The third-order valence-electron chi connectivity index (χ3n) is 3.68. The molecule has 0 bridgehead atoms. The van der Waals surface area contributed by atoms with Gasteiger partial charge in [0.05, 0.1) is 0 Å². The van der Waals surface area contributed by atoms with E-state index in [4.69, 9.17) is 4.74 Å². The summed E-state index contributed by atoms with van der Waals surface area (Å²) in [4.78, 5) is 2.31. The largest absolute Gasteiger partial charge is 0.492 e. The Kier molecular flexibility index (Phi) is 3.97. The van der Waals surface area contributed by atoms with E-state index in [9.17, 15) is 4.39 Å². The number of nitrogens with zero attached hydrogens (tertiary/aromatic N) is 1. The van der Waals surface area contributed by atoms with E-state index in [0.717, 1.165) is 37.4 Å². The first-order valence-corrected chi connectivity index (χ1v) is 6.99. The van der Waals surface area contributed by atoms with E-state index >= 15 is 0 Å². The highest BCUT2D eigenvalue weighted by Crippen LogP contribution is 2.19. The van der Waals surface area contributed by atoms with Crippen molar-refractivity contribution in [3.8, 4) is 5.75 Å². The molecular weight excluding hydrogens is 253 g/mol. The molecule has 2 aromatic rings. The summed E-state index contributed by atoms with van der Waals surface area (Å²) in [6.07, 6.45) is 0.987. The highest BCUT2D eigenvalue weighted by molar-refractivity contribution is 5.30. The molecule has 0 saturated heterocycles. The number of hydrogen-bond donors (Lipinski definition) is 0. The minimum absolute atomic E-state index is 0.147. The van der Waals surface area contributed by atoms with Gasteiger partial charge in [0, 0.05) is 19.6 Å². The van der Waals surface area contributed by atoms with Crippen molar-refractivity contribution in [1.82, 2.24) is 4.90 Å². The molecule has 3 heteroatoms. The summed E-state index contributed by atoms with van der Waals surface area (Å²) < 4.78 is 19.0. The van der Waals surface area contributed by atoms with Crippen molar-refractivity contribution in [3.63, 3.8) is 0 Å². The number of halogens is 1. The van der Waals surface area contributed by atoms with E-state index in [1.807, 2.05) is 36.4 Å². The molecule has 0 aromatic heterocycles. The van der Waals surface area contributed by atoms with Crippen LogP contribution in [0.25, 0.3) is 0 Å². The van der Waals surface area contributed by atoms with E-state index in [-0.39, 0.29) is 5.82 Å². The van der Waals surface area contributed by atoms with Crippen LogP contribution in [0.4, 0.5) is 4.39 Å². The van der Waals surface area contributed by atoms with Gasteiger partial charge in [-0.15, -0.1) is 0 Å². The van der Waals surface area contributed by atoms with Crippen molar-refractivity contribution in [1.29, 1.82) is 0 Å². The first kappa shape index (κ1) is 13.1. The van der Waals surface area contributed by atoms with Crippen molar-refractivity contribution in [3.05, 3.63) is 65.5 Å². The summed E-state index contributed by atoms with van der Waals surface area (Å²) >= 11 is 0. The first-order chi connectivity index (χ1) is 9.81. The highest BCUT2D eigenvalue weighted by atomic mass is 19.1. The van der Waals surface area contributed by atoms with Crippen LogP contribution in [0.3, 0.4) is 0 Å². The van der Waals surface area contributed by atoms with Crippen LogP contribution in [0.5, 0.6) is 5.75 Å². The van der Waals surface area contributed by atoms with Gasteiger partial charge in [-0.1, -0.05) is 24.3 Å². The fourth-order valence-electron chi connectivity index (χ4n) is 2.58. The fraction of sp³-hybridized carbons (Fsp3) is 0.294. The van der Waals surface area contributed by atoms with E-state index in [2.05, 4.69) is 4.90 Å². The summed E-state index contributed by atoms with van der Waals surface area (Å²) in [5.41, 5.74) is 2.38. The number of para-hydroxylation sites is 1. The van der Waals surface area contributed by atoms with Crippen molar-refractivity contribution in [2.75, 3.05) is 19.7 Å². The zero-order chi connectivity index (χ0) is 13.8. The minimum Gasteiger partial charge on any atom is -0.492 e. The average Bonchev–Trinajstić information content (AvgIpc) is 2.48. The minimum atomic E-state index is -0.147. The van der Waals surface area contributed by atoms with Gasteiger partial charge in [-0.05, 0) is 41.8 Å². The lowest BCUT2D eigenvalue weighted by atomic mass is 10.00. The Morgan fingerprint density at radius 3 is 2.75 bits per heavy atom. The standard InChI is InChI=1S/C17H18FNO/c18-16-7-6-14-8-9-19(13-15(14)12-16)10-11-20-17-4-2-1-3-5-17/h1-7,12H,8-11,13H2. The van der Waals surface area contributed by atoms with Gasteiger partial charge in [-0.3, -0.25) is 4.90 Å². The molecule has 0 unspecified atom stereocenters. The van der Waals surface area contributed by atoms with E-state index in [1.54, 1.807) is 12.1 Å². The average molecular weight is 271 g/mol. The highest BCUT2D eigenvalue weighted by Gasteiger charge is 2.16. The topological polar surface area (TPSA) is 12.5 Å². The van der Waals surface area contributed by atoms with Gasteiger partial charge >= 0.3 is 0 Å². The zero-order valence-corrected chi connectivity index (χ0v) is 11.4. The molecule has 20 heavy (non-hydrogen) atoms. The summed E-state index contributed by atoms with van der Waals surface area (Å²) in [5.74, 6) is 0.752. The lowest BCUT2D eigenvalue weighted by Crippen LogP contribution is -2.33. The lowest BCUT2D eigenvalue weighted by Gasteiger charge is -2.28. The van der Waals surface area contributed by atoms with Gasteiger partial charge in [0.1, 0.15) is 18.2 Å². The maximum Gasteiger partial charge on any atom is 0.123 e. The van der Waals surface area contributed by atoms with Crippen molar-refractivity contribution in [2.24, 2.45) is 0 Å². The molecule has 0 amide bonds. The summed E-state index contributed by atoms with van der Waals surface area (Å²) in [6.45, 7) is 3.35. The second-order valence-electron chi connectivity index (χ2n) is 5.10. The molecule has 2 aromatic carbocycles. The van der Waals surface area contributed by atoms with Crippen LogP contribution >= 0.6 is 0 Å². The Balaban J connectivity index is 1.53. The molecule has 0 N–H and O–H groups in total. The Bertz CT molecular complexity index is 570. The molecule has 3 rings (SSSR count). The fourth-order valence-corrected chi connectivity index (χ4v) is 2.58. The SMILES string of the molecule is Fc1ccc2c(c1)CN(CCOc1ccccc1)CC2. The molecule has 0 radical (unpaired) electrons. The molecule has 0 atom stereocenters. The van der Waals surface area contributed by atoms with Crippen LogP contribution in [0, 0.1) is 5.82 Å². The molecule has 2 nitrogen and oxygen atoms in total. The van der Waals surface area contributed by atoms with Crippen molar-refractivity contribution >= 4 is 0 Å². The van der Waals surface area contributed by atoms with Gasteiger partial charge < -0.3 is 4.74 Å². The Morgan fingerprint density at radius 2 is 1.90 bits per heavy atom. The monoisotopic (exact) mass is 271 g/mol. The van der Waals surface area contributed by atoms with Crippen LogP contribution < -0.4 is 4.74 Å². The van der Waals surface area contributed by atoms with Gasteiger partial charge in [0.25, 0.3) is 0 Å². The normalized spacial score (nSPS) is 14.8. The van der Waals surface area contributed by atoms with Crippen molar-refractivity contribution < 1.29 is 9.13 Å². The number of hydrogen-bond acceptors (Lipinski definition) is 2. The number of ether oxygens (including phenoxy) is 1. The Hall–Kier alpha value is -1.87. The van der Waals surface area contributed by atoms with Crippen LogP contribution in [-0.2, 0) is 13.0 Å². The summed E-state index contributed by atoms with van der Waals surface area (Å²) in [5, 5.41) is 0. The number of rotatable bonds is 4. The molecule has 1 aliphatic heterocycles. The molecule has 0 saturated carbocycles. The van der Waals surface area contributed by atoms with Gasteiger partial charge in [-0.25, -0.2) is 4.39 Å². The third kappa shape index (κ3) is 3.17. The van der Waals surface area contributed by atoms with E-state index in [0.29, 0.717) is 6.61 Å². The smallest absolute Gasteiger partial charge is 0.123 e. The summed E-state index contributed by atoms with van der Waals surface area (Å²) in [7, 11) is 0. The number of fused-ring (bicyclic) bond motifs is 1. The molecular formula is C17H18FNO.